The summed E-state index contributed by atoms with van der Waals surface area (Å²) >= 11 is 0. The standard InChI is InChI=1S/C14H28O/c1-4-7-13(8-5-2)9-11-14(15,6-3)12-10-13/h15H,4-12H2,1-3H3. The molecule has 1 saturated carbocycles. The van der Waals surface area contributed by atoms with Crippen LogP contribution in [0.2, 0.25) is 0 Å². The molecule has 0 spiro atoms. The first kappa shape index (κ1) is 13.0. The quantitative estimate of drug-likeness (QED) is 0.721. The highest BCUT2D eigenvalue weighted by Crippen LogP contribution is 2.47. The smallest absolute Gasteiger partial charge is 0.0645 e. The van der Waals surface area contributed by atoms with E-state index >= 15 is 0 Å². The number of hydrogen-bond acceptors (Lipinski definition) is 1. The highest BCUT2D eigenvalue weighted by Gasteiger charge is 2.39. The van der Waals surface area contributed by atoms with Crippen LogP contribution < -0.4 is 0 Å². The van der Waals surface area contributed by atoms with E-state index in [4.69, 9.17) is 0 Å². The molecular weight excluding hydrogens is 184 g/mol. The Morgan fingerprint density at radius 3 is 1.67 bits per heavy atom. The molecule has 1 aliphatic carbocycles. The molecule has 1 nitrogen and oxygen atoms in total. The van der Waals surface area contributed by atoms with Crippen LogP contribution in [0.3, 0.4) is 0 Å². The number of hydrogen-bond donors (Lipinski definition) is 1. The summed E-state index contributed by atoms with van der Waals surface area (Å²) in [5.41, 5.74) is 0.246. The predicted octanol–water partition coefficient (Wildman–Crippen LogP) is 4.29. The predicted molar refractivity (Wildman–Crippen MR) is 66.0 cm³/mol. The van der Waals surface area contributed by atoms with E-state index in [1.54, 1.807) is 0 Å². The molecule has 1 rings (SSSR count). The highest BCUT2D eigenvalue weighted by molar-refractivity contribution is 4.91. The maximum Gasteiger partial charge on any atom is 0.0645 e. The van der Waals surface area contributed by atoms with Crippen LogP contribution in [-0.2, 0) is 0 Å². The average molecular weight is 212 g/mol. The fraction of sp³-hybridized carbons (Fsp3) is 1.00. The minimum Gasteiger partial charge on any atom is -0.390 e. The number of rotatable bonds is 5. The van der Waals surface area contributed by atoms with E-state index in [0.717, 1.165) is 19.3 Å². The van der Waals surface area contributed by atoms with Gasteiger partial charge in [0.25, 0.3) is 0 Å². The first-order chi connectivity index (χ1) is 7.10. The van der Waals surface area contributed by atoms with Gasteiger partial charge in [0.1, 0.15) is 0 Å². The minimum absolute atomic E-state index is 0.328. The van der Waals surface area contributed by atoms with Crippen molar-refractivity contribution in [2.45, 2.75) is 84.2 Å². The summed E-state index contributed by atoms with van der Waals surface area (Å²) in [5, 5.41) is 10.2. The summed E-state index contributed by atoms with van der Waals surface area (Å²) < 4.78 is 0. The lowest BCUT2D eigenvalue weighted by molar-refractivity contribution is -0.0417. The SMILES string of the molecule is CCCC1(CCC)CCC(O)(CC)CC1. The third-order valence-electron chi connectivity index (χ3n) is 4.46. The molecule has 0 aliphatic heterocycles. The molecule has 1 fully saturated rings. The molecule has 0 unspecified atom stereocenters. The van der Waals surface area contributed by atoms with Crippen molar-refractivity contribution in [2.75, 3.05) is 0 Å². The van der Waals surface area contributed by atoms with Gasteiger partial charge in [-0.05, 0) is 50.4 Å². The van der Waals surface area contributed by atoms with Gasteiger partial charge in [-0.15, -0.1) is 0 Å². The minimum atomic E-state index is -0.328. The van der Waals surface area contributed by atoms with Crippen molar-refractivity contribution in [1.82, 2.24) is 0 Å². The third kappa shape index (κ3) is 3.21. The van der Waals surface area contributed by atoms with Gasteiger partial charge in [-0.3, -0.25) is 0 Å². The van der Waals surface area contributed by atoms with Crippen molar-refractivity contribution in [1.29, 1.82) is 0 Å². The van der Waals surface area contributed by atoms with Crippen molar-refractivity contribution < 1.29 is 5.11 Å². The Labute approximate surface area is 95.3 Å². The van der Waals surface area contributed by atoms with Crippen LogP contribution in [0.15, 0.2) is 0 Å². The summed E-state index contributed by atoms with van der Waals surface area (Å²) in [4.78, 5) is 0. The molecule has 0 aromatic rings. The molecule has 0 amide bonds. The molecule has 0 heterocycles. The van der Waals surface area contributed by atoms with E-state index in [2.05, 4.69) is 20.8 Å². The first-order valence-corrected chi connectivity index (χ1v) is 6.82. The molecule has 0 aromatic heterocycles. The summed E-state index contributed by atoms with van der Waals surface area (Å²) in [7, 11) is 0. The highest BCUT2D eigenvalue weighted by atomic mass is 16.3. The average Bonchev–Trinajstić information content (AvgIpc) is 2.24. The first-order valence-electron chi connectivity index (χ1n) is 6.82. The zero-order valence-corrected chi connectivity index (χ0v) is 10.8. The van der Waals surface area contributed by atoms with Crippen LogP contribution in [0.5, 0.6) is 0 Å². The Bertz CT molecular complexity index is 170. The van der Waals surface area contributed by atoms with E-state index < -0.39 is 0 Å². The number of aliphatic hydroxyl groups is 1. The molecule has 0 radical (unpaired) electrons. The topological polar surface area (TPSA) is 20.2 Å². The Balaban J connectivity index is 2.56. The van der Waals surface area contributed by atoms with E-state index in [0.29, 0.717) is 5.41 Å². The molecule has 15 heavy (non-hydrogen) atoms. The molecule has 90 valence electrons. The summed E-state index contributed by atoms with van der Waals surface area (Å²) in [6.07, 6.45) is 10.8. The van der Waals surface area contributed by atoms with Crippen LogP contribution >= 0.6 is 0 Å². The fourth-order valence-corrected chi connectivity index (χ4v) is 3.28. The van der Waals surface area contributed by atoms with Crippen molar-refractivity contribution in [2.24, 2.45) is 5.41 Å². The largest absolute Gasteiger partial charge is 0.390 e. The van der Waals surface area contributed by atoms with Gasteiger partial charge in [0.15, 0.2) is 0 Å². The maximum atomic E-state index is 10.2. The molecule has 1 aliphatic rings. The lowest BCUT2D eigenvalue weighted by Crippen LogP contribution is -2.38. The fourth-order valence-electron chi connectivity index (χ4n) is 3.28. The summed E-state index contributed by atoms with van der Waals surface area (Å²) in [6, 6.07) is 0. The Morgan fingerprint density at radius 1 is 0.867 bits per heavy atom. The third-order valence-corrected chi connectivity index (χ3v) is 4.46. The molecule has 0 atom stereocenters. The Kier molecular flexibility index (Phi) is 4.64. The van der Waals surface area contributed by atoms with Gasteiger partial charge in [-0.25, -0.2) is 0 Å². The van der Waals surface area contributed by atoms with Gasteiger partial charge in [-0.1, -0.05) is 33.6 Å². The van der Waals surface area contributed by atoms with Gasteiger partial charge in [0.05, 0.1) is 5.60 Å². The summed E-state index contributed by atoms with van der Waals surface area (Å²) in [5.74, 6) is 0. The van der Waals surface area contributed by atoms with Crippen molar-refractivity contribution in [3.05, 3.63) is 0 Å². The van der Waals surface area contributed by atoms with Gasteiger partial charge in [-0.2, -0.15) is 0 Å². The van der Waals surface area contributed by atoms with Gasteiger partial charge >= 0.3 is 0 Å². The van der Waals surface area contributed by atoms with Crippen LogP contribution in [0, 0.1) is 5.41 Å². The Hall–Kier alpha value is -0.0400. The van der Waals surface area contributed by atoms with E-state index in [9.17, 15) is 5.11 Å². The van der Waals surface area contributed by atoms with Crippen LogP contribution in [0.25, 0.3) is 0 Å². The molecular formula is C14H28O. The molecule has 0 bridgehead atoms. The van der Waals surface area contributed by atoms with E-state index in [1.807, 2.05) is 0 Å². The second kappa shape index (κ2) is 5.34. The Morgan fingerprint density at radius 2 is 1.33 bits per heavy atom. The van der Waals surface area contributed by atoms with Crippen LogP contribution in [-0.4, -0.2) is 10.7 Å². The van der Waals surface area contributed by atoms with E-state index in [-0.39, 0.29) is 5.60 Å². The second-order valence-electron chi connectivity index (χ2n) is 5.58. The van der Waals surface area contributed by atoms with E-state index in [1.165, 1.54) is 38.5 Å². The molecule has 0 aromatic carbocycles. The van der Waals surface area contributed by atoms with Crippen molar-refractivity contribution in [3.8, 4) is 0 Å². The normalized spacial score (nSPS) is 24.0. The molecule has 0 saturated heterocycles. The monoisotopic (exact) mass is 212 g/mol. The van der Waals surface area contributed by atoms with Gasteiger partial charge in [0, 0.05) is 0 Å². The van der Waals surface area contributed by atoms with Crippen molar-refractivity contribution >= 4 is 0 Å². The zero-order valence-electron chi connectivity index (χ0n) is 10.8. The molecule has 1 heteroatoms. The second-order valence-corrected chi connectivity index (χ2v) is 5.58. The summed E-state index contributed by atoms with van der Waals surface area (Å²) in [6.45, 7) is 6.70. The lowest BCUT2D eigenvalue weighted by atomic mass is 9.64. The zero-order chi connectivity index (χ0) is 11.4. The van der Waals surface area contributed by atoms with Crippen molar-refractivity contribution in [3.63, 3.8) is 0 Å². The van der Waals surface area contributed by atoms with Gasteiger partial charge < -0.3 is 5.11 Å². The van der Waals surface area contributed by atoms with Gasteiger partial charge in [0.2, 0.25) is 0 Å². The molecule has 1 N–H and O–H groups in total. The maximum absolute atomic E-state index is 10.2. The van der Waals surface area contributed by atoms with Crippen LogP contribution in [0.1, 0.15) is 78.6 Å². The van der Waals surface area contributed by atoms with Crippen LogP contribution in [0.4, 0.5) is 0 Å². The lowest BCUT2D eigenvalue weighted by Gasteiger charge is -2.44.